The normalized spacial score (nSPS) is 18.9. The molecular weight excluding hydrogens is 681 g/mol. The Kier molecular flexibility index (Phi) is 7.72. The average molecular weight is 713 g/mol. The lowest BCUT2D eigenvalue weighted by Gasteiger charge is -2.38. The molecule has 0 unspecified atom stereocenters. The molecule has 0 atom stereocenters. The number of fused-ring (bicyclic) bond motifs is 7. The first-order valence-corrected chi connectivity index (χ1v) is 20.1. The highest BCUT2D eigenvalue weighted by molar-refractivity contribution is 7.25. The molecule has 0 aliphatic heterocycles. The summed E-state index contributed by atoms with van der Waals surface area (Å²) in [5, 5.41) is 21.4. The lowest BCUT2D eigenvalue weighted by atomic mass is 9.66. The number of nitrogens with zero attached hydrogens (tertiary/aromatic N) is 4. The number of rotatable bonds is 4. The number of nitriles is 2. The molecule has 7 heteroatoms. The van der Waals surface area contributed by atoms with Crippen molar-refractivity contribution in [3.63, 3.8) is 0 Å². The van der Waals surface area contributed by atoms with Gasteiger partial charge in [-0.2, -0.15) is 0 Å². The Hall–Kier alpha value is -5.02. The van der Waals surface area contributed by atoms with Gasteiger partial charge in [0.05, 0.1) is 25.3 Å². The molecule has 5 aromatic rings. The van der Waals surface area contributed by atoms with Gasteiger partial charge in [-0.1, -0.05) is 38.5 Å². The minimum Gasteiger partial charge on any atom is -0.227 e. The van der Waals surface area contributed by atoms with Crippen LogP contribution < -0.4 is 0 Å². The van der Waals surface area contributed by atoms with Gasteiger partial charge in [0, 0.05) is 50.5 Å². The molecule has 0 radical (unpaired) electrons. The summed E-state index contributed by atoms with van der Waals surface area (Å²) in [5.41, 5.74) is 8.65. The molecule has 246 valence electrons. The number of allylic oxidation sites excluding steroid dienone is 4. The summed E-state index contributed by atoms with van der Waals surface area (Å²) in [6.45, 7) is 14.7. The van der Waals surface area contributed by atoms with Gasteiger partial charge in [-0.3, -0.25) is 0 Å². The highest BCUT2D eigenvalue weighted by atomic mass is 32.1. The maximum atomic E-state index is 9.34. The van der Waals surface area contributed by atoms with E-state index in [0.717, 1.165) is 35.4 Å². The van der Waals surface area contributed by atoms with Gasteiger partial charge in [0.2, 0.25) is 0 Å². The van der Waals surface area contributed by atoms with Crippen LogP contribution in [-0.2, 0) is 10.8 Å². The zero-order valence-corrected chi connectivity index (χ0v) is 30.5. The summed E-state index contributed by atoms with van der Waals surface area (Å²) in [5.74, 6) is 0. The van der Waals surface area contributed by atoms with Crippen molar-refractivity contribution >= 4 is 89.6 Å². The van der Waals surface area contributed by atoms with E-state index in [-0.39, 0.29) is 22.2 Å². The summed E-state index contributed by atoms with van der Waals surface area (Å²) in [6, 6.07) is 22.5. The molecule has 2 fully saturated rings. The SMILES string of the molecule is [C-]#[N+]/C(C#N)=C\c1ccc(C2=Cc3cc4sc5cc6c(cc5c4cc3C23CCCCC3)C2(CCCCC2)C(c2ccc(/C=C(\C#N)[N+]#[C-])s2)=C6)s1. The van der Waals surface area contributed by atoms with Crippen molar-refractivity contribution in [2.75, 3.05) is 0 Å². The summed E-state index contributed by atoms with van der Waals surface area (Å²) < 4.78 is 2.68. The second-order valence-corrected chi connectivity index (χ2v) is 17.6. The van der Waals surface area contributed by atoms with Crippen LogP contribution in [0.3, 0.4) is 0 Å². The molecule has 4 aliphatic carbocycles. The summed E-state index contributed by atoms with van der Waals surface area (Å²) in [4.78, 5) is 11.2. The lowest BCUT2D eigenvalue weighted by molar-refractivity contribution is 0.373. The third kappa shape index (κ3) is 4.99. The van der Waals surface area contributed by atoms with Crippen LogP contribution in [0, 0.1) is 35.8 Å². The molecule has 2 aromatic carbocycles. The molecular formula is C44H32N4S3. The molecule has 4 nitrogen and oxygen atoms in total. The van der Waals surface area contributed by atoms with E-state index in [0.29, 0.717) is 0 Å². The van der Waals surface area contributed by atoms with E-state index < -0.39 is 0 Å². The monoisotopic (exact) mass is 712 g/mol. The molecule has 9 rings (SSSR count). The number of thiophene rings is 3. The van der Waals surface area contributed by atoms with Crippen molar-refractivity contribution in [2.45, 2.75) is 75.0 Å². The first kappa shape index (κ1) is 31.9. The smallest absolute Gasteiger partial charge is 0.227 e. The van der Waals surface area contributed by atoms with Gasteiger partial charge in [0.15, 0.2) is 0 Å². The minimum absolute atomic E-state index is 0.0141. The van der Waals surface area contributed by atoms with Crippen LogP contribution in [0.25, 0.3) is 65.3 Å². The first-order valence-electron chi connectivity index (χ1n) is 17.7. The molecule has 0 saturated heterocycles. The predicted molar refractivity (Wildman–Crippen MR) is 214 cm³/mol. The third-order valence-electron chi connectivity index (χ3n) is 11.7. The van der Waals surface area contributed by atoms with E-state index in [4.69, 9.17) is 13.1 Å². The van der Waals surface area contributed by atoms with E-state index in [9.17, 15) is 10.5 Å². The van der Waals surface area contributed by atoms with E-state index in [1.54, 1.807) is 34.8 Å². The van der Waals surface area contributed by atoms with Gasteiger partial charge in [-0.05, 0) is 132 Å². The molecule has 51 heavy (non-hydrogen) atoms. The van der Waals surface area contributed by atoms with Gasteiger partial charge in [0.1, 0.15) is 0 Å². The quantitative estimate of drug-likeness (QED) is 0.138. The molecule has 0 bridgehead atoms. The molecule has 0 amide bonds. The fraction of sp³-hybridized carbons (Fsp3) is 0.273. The zero-order valence-electron chi connectivity index (χ0n) is 28.0. The lowest BCUT2D eigenvalue weighted by Crippen LogP contribution is -2.28. The Bertz CT molecular complexity index is 2380. The van der Waals surface area contributed by atoms with E-state index in [1.807, 2.05) is 23.5 Å². The van der Waals surface area contributed by atoms with Crippen LogP contribution in [0.1, 0.15) is 106 Å². The van der Waals surface area contributed by atoms with Crippen LogP contribution >= 0.6 is 34.0 Å². The van der Waals surface area contributed by atoms with E-state index >= 15 is 0 Å². The number of benzene rings is 2. The number of hydrogen-bond donors (Lipinski definition) is 0. The van der Waals surface area contributed by atoms with Gasteiger partial charge in [-0.25, -0.2) is 20.2 Å². The number of hydrogen-bond acceptors (Lipinski definition) is 5. The molecule has 3 aromatic heterocycles. The molecule has 2 spiro atoms. The Morgan fingerprint density at radius 1 is 0.608 bits per heavy atom. The third-order valence-corrected chi connectivity index (χ3v) is 14.9. The summed E-state index contributed by atoms with van der Waals surface area (Å²) in [7, 11) is 0. The van der Waals surface area contributed by atoms with Gasteiger partial charge < -0.3 is 0 Å². The van der Waals surface area contributed by atoms with Crippen LogP contribution in [0.15, 0.2) is 59.9 Å². The van der Waals surface area contributed by atoms with Crippen LogP contribution in [-0.4, -0.2) is 0 Å². The first-order chi connectivity index (χ1) is 25.0. The highest BCUT2D eigenvalue weighted by Crippen LogP contribution is 2.59. The Morgan fingerprint density at radius 2 is 1.04 bits per heavy atom. The van der Waals surface area contributed by atoms with Crippen LogP contribution in [0.5, 0.6) is 0 Å². The molecule has 3 heterocycles. The summed E-state index contributed by atoms with van der Waals surface area (Å²) >= 11 is 5.29. The van der Waals surface area contributed by atoms with Gasteiger partial charge in [-0.15, -0.1) is 34.0 Å². The topological polar surface area (TPSA) is 56.3 Å². The van der Waals surface area contributed by atoms with E-state index in [2.05, 4.69) is 70.4 Å². The minimum atomic E-state index is -0.0141. The van der Waals surface area contributed by atoms with Gasteiger partial charge >= 0.3 is 0 Å². The average Bonchev–Trinajstić information content (AvgIpc) is 3.99. The Morgan fingerprint density at radius 3 is 1.43 bits per heavy atom. The van der Waals surface area contributed by atoms with Gasteiger partial charge in [0.25, 0.3) is 11.4 Å². The predicted octanol–water partition coefficient (Wildman–Crippen LogP) is 13.3. The summed E-state index contributed by atoms with van der Waals surface area (Å²) in [6.07, 6.45) is 20.3. The second kappa shape index (κ2) is 12.3. The maximum Gasteiger partial charge on any atom is 0.263 e. The largest absolute Gasteiger partial charge is 0.263 e. The van der Waals surface area contributed by atoms with Crippen molar-refractivity contribution in [2.24, 2.45) is 0 Å². The van der Waals surface area contributed by atoms with Crippen molar-refractivity contribution in [1.82, 2.24) is 0 Å². The fourth-order valence-corrected chi connectivity index (χ4v) is 12.7. The second-order valence-electron chi connectivity index (χ2n) is 14.3. The molecule has 4 aliphatic rings. The Labute approximate surface area is 310 Å². The Balaban J connectivity index is 1.16. The van der Waals surface area contributed by atoms with Crippen molar-refractivity contribution in [3.8, 4) is 12.1 Å². The molecule has 0 N–H and O–H groups in total. The van der Waals surface area contributed by atoms with Crippen LogP contribution in [0.2, 0.25) is 0 Å². The van der Waals surface area contributed by atoms with Crippen molar-refractivity contribution < 1.29 is 0 Å². The molecule has 2 saturated carbocycles. The van der Waals surface area contributed by atoms with Crippen molar-refractivity contribution in [3.05, 3.63) is 125 Å². The van der Waals surface area contributed by atoms with E-state index in [1.165, 1.54) is 102 Å². The zero-order chi connectivity index (χ0) is 34.7. The highest BCUT2D eigenvalue weighted by Gasteiger charge is 2.45. The fourth-order valence-electron chi connectivity index (χ4n) is 9.45. The van der Waals surface area contributed by atoms with Crippen molar-refractivity contribution in [1.29, 1.82) is 10.5 Å². The maximum absolute atomic E-state index is 9.34. The standard InChI is InChI=1S/C44H32N4S3/c1-47-29(25-45)21-31-9-11-39(49-31)37-17-27-19-41-33(23-35(27)43(37)13-5-3-6-14-43)34-24-36-28(20-42(34)51-41)18-38(44(36)15-7-4-8-16-44)40-12-10-32(50-40)22-30(26-46)48-2/h9-12,17-24H,3-8,13-16H2/b29-21-,30-22+. The van der Waals surface area contributed by atoms with Crippen LogP contribution in [0.4, 0.5) is 0 Å².